The first kappa shape index (κ1) is 13.9. The van der Waals surface area contributed by atoms with Crippen LogP contribution in [0.3, 0.4) is 0 Å². The van der Waals surface area contributed by atoms with Gasteiger partial charge in [0, 0.05) is 21.9 Å². The van der Waals surface area contributed by atoms with Gasteiger partial charge in [0.1, 0.15) is 11.5 Å². The van der Waals surface area contributed by atoms with E-state index in [0.29, 0.717) is 10.0 Å². The first-order valence-corrected chi connectivity index (χ1v) is 7.99. The maximum Gasteiger partial charge on any atom is 0.175 e. The Kier molecular flexibility index (Phi) is 3.56. The molecule has 0 heterocycles. The van der Waals surface area contributed by atoms with Crippen molar-refractivity contribution in [3.63, 3.8) is 0 Å². The smallest absolute Gasteiger partial charge is 0.175 e. The maximum absolute atomic E-state index is 11.5. The molecule has 6 heteroatoms. The average molecular weight is 343 g/mol. The van der Waals surface area contributed by atoms with Crippen LogP contribution >= 0.6 is 15.9 Å². The van der Waals surface area contributed by atoms with Crippen LogP contribution in [0.1, 0.15) is 0 Å². The third kappa shape index (κ3) is 2.90. The van der Waals surface area contributed by atoms with Crippen LogP contribution in [0.2, 0.25) is 0 Å². The lowest BCUT2D eigenvalue weighted by molar-refractivity contribution is 0.468. The molecule has 0 radical (unpaired) electrons. The molecule has 0 aliphatic heterocycles. The van der Waals surface area contributed by atoms with Crippen molar-refractivity contribution in [2.75, 3.05) is 6.26 Å². The van der Waals surface area contributed by atoms with E-state index in [4.69, 9.17) is 0 Å². The van der Waals surface area contributed by atoms with Crippen LogP contribution in [0.25, 0.3) is 11.1 Å². The highest BCUT2D eigenvalue weighted by Gasteiger charge is 2.14. The first-order chi connectivity index (χ1) is 8.79. The Morgan fingerprint density at radius 1 is 0.947 bits per heavy atom. The van der Waals surface area contributed by atoms with Gasteiger partial charge in [-0.05, 0) is 36.4 Å². The number of halogens is 1. The van der Waals surface area contributed by atoms with Gasteiger partial charge in [0.2, 0.25) is 0 Å². The first-order valence-electron chi connectivity index (χ1n) is 5.31. The Bertz CT molecular complexity index is 738. The molecule has 4 nitrogen and oxygen atoms in total. The molecule has 0 fully saturated rings. The van der Waals surface area contributed by atoms with E-state index in [9.17, 15) is 18.6 Å². The quantitative estimate of drug-likeness (QED) is 0.879. The standard InChI is InChI=1S/C13H11BrO4S/c1-19(17,18)9-3-5-13(16)11(7-9)10-6-8(14)2-4-12(10)15/h2-7,15-16H,1H3. The summed E-state index contributed by atoms with van der Waals surface area (Å²) in [6.07, 6.45) is 1.09. The summed E-state index contributed by atoms with van der Waals surface area (Å²) in [7, 11) is -3.38. The number of rotatable bonds is 2. The van der Waals surface area contributed by atoms with E-state index in [-0.39, 0.29) is 22.0 Å². The highest BCUT2D eigenvalue weighted by molar-refractivity contribution is 9.10. The van der Waals surface area contributed by atoms with Crippen molar-refractivity contribution in [1.29, 1.82) is 0 Å². The summed E-state index contributed by atoms with van der Waals surface area (Å²) in [5.74, 6) is -0.134. The third-order valence-electron chi connectivity index (χ3n) is 2.64. The molecule has 0 saturated carbocycles. The van der Waals surface area contributed by atoms with E-state index in [1.54, 1.807) is 12.1 Å². The van der Waals surface area contributed by atoms with Gasteiger partial charge in [-0.15, -0.1) is 0 Å². The van der Waals surface area contributed by atoms with E-state index in [1.807, 2.05) is 0 Å². The molecule has 2 rings (SSSR count). The highest BCUT2D eigenvalue weighted by Crippen LogP contribution is 2.38. The lowest BCUT2D eigenvalue weighted by Gasteiger charge is -2.09. The van der Waals surface area contributed by atoms with Gasteiger partial charge in [-0.1, -0.05) is 15.9 Å². The summed E-state index contributed by atoms with van der Waals surface area (Å²) >= 11 is 3.27. The highest BCUT2D eigenvalue weighted by atomic mass is 79.9. The van der Waals surface area contributed by atoms with Gasteiger partial charge in [-0.25, -0.2) is 8.42 Å². The van der Waals surface area contributed by atoms with E-state index in [0.717, 1.165) is 6.26 Å². The lowest BCUT2D eigenvalue weighted by Crippen LogP contribution is -1.97. The Morgan fingerprint density at radius 2 is 1.47 bits per heavy atom. The monoisotopic (exact) mass is 342 g/mol. The van der Waals surface area contributed by atoms with Crippen LogP contribution in [-0.4, -0.2) is 24.9 Å². The lowest BCUT2D eigenvalue weighted by atomic mass is 10.0. The van der Waals surface area contributed by atoms with Crippen molar-refractivity contribution in [3.8, 4) is 22.6 Å². The maximum atomic E-state index is 11.5. The van der Waals surface area contributed by atoms with Gasteiger partial charge in [0.05, 0.1) is 4.90 Å². The van der Waals surface area contributed by atoms with Crippen molar-refractivity contribution in [2.24, 2.45) is 0 Å². The van der Waals surface area contributed by atoms with Crippen LogP contribution in [0.4, 0.5) is 0 Å². The molecule has 0 aliphatic rings. The molecule has 0 unspecified atom stereocenters. The molecule has 0 bridgehead atoms. The Balaban J connectivity index is 2.71. The molecule has 0 atom stereocenters. The van der Waals surface area contributed by atoms with Crippen LogP contribution in [0, 0.1) is 0 Å². The number of hydrogen-bond donors (Lipinski definition) is 2. The fourth-order valence-electron chi connectivity index (χ4n) is 1.69. The topological polar surface area (TPSA) is 74.6 Å². The van der Waals surface area contributed by atoms with Crippen molar-refractivity contribution < 1.29 is 18.6 Å². The van der Waals surface area contributed by atoms with E-state index in [2.05, 4.69) is 15.9 Å². The molecule has 2 N–H and O–H groups in total. The van der Waals surface area contributed by atoms with Crippen molar-refractivity contribution in [1.82, 2.24) is 0 Å². The van der Waals surface area contributed by atoms with Gasteiger partial charge < -0.3 is 10.2 Å². The minimum Gasteiger partial charge on any atom is -0.507 e. The number of sulfone groups is 1. The zero-order chi connectivity index (χ0) is 14.2. The van der Waals surface area contributed by atoms with Gasteiger partial charge in [0.15, 0.2) is 9.84 Å². The predicted octanol–water partition coefficient (Wildman–Crippen LogP) is 2.93. The second kappa shape index (κ2) is 4.86. The zero-order valence-corrected chi connectivity index (χ0v) is 12.4. The Labute approximate surface area is 119 Å². The minimum absolute atomic E-state index is 0.0378. The van der Waals surface area contributed by atoms with Crippen molar-refractivity contribution >= 4 is 25.8 Å². The summed E-state index contributed by atoms with van der Waals surface area (Å²) in [4.78, 5) is 0.0830. The average Bonchev–Trinajstić information content (AvgIpc) is 2.32. The Hall–Kier alpha value is -1.53. The SMILES string of the molecule is CS(=O)(=O)c1ccc(O)c(-c2cc(Br)ccc2O)c1. The summed E-state index contributed by atoms with van der Waals surface area (Å²) in [6, 6.07) is 8.68. The second-order valence-electron chi connectivity index (χ2n) is 4.11. The number of hydrogen-bond acceptors (Lipinski definition) is 4. The predicted molar refractivity (Wildman–Crippen MR) is 76.0 cm³/mol. The number of phenols is 2. The van der Waals surface area contributed by atoms with Crippen LogP contribution in [0.15, 0.2) is 45.8 Å². The second-order valence-corrected chi connectivity index (χ2v) is 7.04. The zero-order valence-electron chi connectivity index (χ0n) is 9.96. The van der Waals surface area contributed by atoms with Crippen molar-refractivity contribution in [3.05, 3.63) is 40.9 Å². The van der Waals surface area contributed by atoms with Gasteiger partial charge in [-0.2, -0.15) is 0 Å². The van der Waals surface area contributed by atoms with Crippen molar-refractivity contribution in [2.45, 2.75) is 4.90 Å². The Morgan fingerprint density at radius 3 is 2.05 bits per heavy atom. The fraction of sp³-hybridized carbons (Fsp3) is 0.0769. The molecule has 0 aromatic heterocycles. The summed E-state index contributed by atoms with van der Waals surface area (Å²) in [5.41, 5.74) is 0.624. The molecule has 0 aliphatic carbocycles. The van der Waals surface area contributed by atoms with Crippen LogP contribution in [-0.2, 0) is 9.84 Å². The summed E-state index contributed by atoms with van der Waals surface area (Å²) in [6.45, 7) is 0. The van der Waals surface area contributed by atoms with Gasteiger partial charge in [-0.3, -0.25) is 0 Å². The number of benzene rings is 2. The van der Waals surface area contributed by atoms with Gasteiger partial charge in [0.25, 0.3) is 0 Å². The van der Waals surface area contributed by atoms with Crippen LogP contribution < -0.4 is 0 Å². The molecular formula is C13H11BrO4S. The molecule has 2 aromatic rings. The molecule has 2 aromatic carbocycles. The number of phenolic OH excluding ortho intramolecular Hbond substituents is 2. The molecule has 0 spiro atoms. The molecule has 100 valence electrons. The molecular weight excluding hydrogens is 332 g/mol. The largest absolute Gasteiger partial charge is 0.507 e. The third-order valence-corrected chi connectivity index (χ3v) is 4.25. The molecule has 0 saturated heterocycles. The summed E-state index contributed by atoms with van der Waals surface area (Å²) < 4.78 is 23.8. The normalized spacial score (nSPS) is 11.5. The van der Waals surface area contributed by atoms with Crippen LogP contribution in [0.5, 0.6) is 11.5 Å². The van der Waals surface area contributed by atoms with E-state index in [1.165, 1.54) is 24.3 Å². The minimum atomic E-state index is -3.38. The number of aromatic hydroxyl groups is 2. The molecule has 0 amide bonds. The van der Waals surface area contributed by atoms with E-state index < -0.39 is 9.84 Å². The molecule has 19 heavy (non-hydrogen) atoms. The van der Waals surface area contributed by atoms with Gasteiger partial charge >= 0.3 is 0 Å². The summed E-state index contributed by atoms with van der Waals surface area (Å²) in [5, 5.41) is 19.7. The fourth-order valence-corrected chi connectivity index (χ4v) is 2.69. The van der Waals surface area contributed by atoms with E-state index >= 15 is 0 Å².